The van der Waals surface area contributed by atoms with Crippen molar-refractivity contribution in [1.82, 2.24) is 4.98 Å². The average Bonchev–Trinajstić information content (AvgIpc) is 2.95. The molecule has 5 rings (SSSR count). The summed E-state index contributed by atoms with van der Waals surface area (Å²) in [7, 11) is 0. The van der Waals surface area contributed by atoms with Crippen molar-refractivity contribution in [2.75, 3.05) is 43.1 Å². The Morgan fingerprint density at radius 1 is 0.786 bits per heavy atom. The van der Waals surface area contributed by atoms with Crippen LogP contribution in [0.5, 0.6) is 0 Å². The van der Waals surface area contributed by atoms with Crippen molar-refractivity contribution in [2.45, 2.75) is 38.5 Å². The third-order valence-electron chi connectivity index (χ3n) is 7.67. The number of hydrogen-bond acceptors (Lipinski definition) is 4. The number of nitrogens with zero attached hydrogens (tertiary/aromatic N) is 2. The Kier molecular flexibility index (Phi) is 7.87. The maximum Gasteiger partial charge on any atom is 0.416 e. The fourth-order valence-corrected chi connectivity index (χ4v) is 5.14. The fraction of sp³-hybridized carbons (Fsp3) is 0.344. The standard InChI is InChI=1S/C32H31F6N3O/c1-20-6-4-5-7-25(20)26-18-29(41-10-12-42-13-11-41)40-28-9-8-24(17-27(26)28)39-19-30(2,3)21-14-22(31(33,34)35)16-23(15-21)32(36,37)38/h4-9,14-18,39H,10-13,19H2,1-3H3. The molecule has 0 aliphatic carbocycles. The van der Waals surface area contributed by atoms with Crippen molar-refractivity contribution < 1.29 is 31.1 Å². The first kappa shape index (κ1) is 29.7. The van der Waals surface area contributed by atoms with Gasteiger partial charge in [-0.25, -0.2) is 4.98 Å². The number of pyridine rings is 1. The zero-order valence-corrected chi connectivity index (χ0v) is 23.5. The highest BCUT2D eigenvalue weighted by molar-refractivity contribution is 5.98. The van der Waals surface area contributed by atoms with Gasteiger partial charge in [0.1, 0.15) is 5.82 Å². The van der Waals surface area contributed by atoms with Crippen LogP contribution in [0.15, 0.2) is 66.7 Å². The number of fused-ring (bicyclic) bond motifs is 1. The van der Waals surface area contributed by atoms with Crippen LogP contribution in [0.4, 0.5) is 37.8 Å². The van der Waals surface area contributed by atoms with Crippen molar-refractivity contribution in [3.05, 3.63) is 89.0 Å². The van der Waals surface area contributed by atoms with Gasteiger partial charge >= 0.3 is 12.4 Å². The molecule has 0 unspecified atom stereocenters. The van der Waals surface area contributed by atoms with E-state index >= 15 is 0 Å². The molecule has 1 aliphatic rings. The lowest BCUT2D eigenvalue weighted by Gasteiger charge is -2.29. The number of benzene rings is 3. The quantitative estimate of drug-likeness (QED) is 0.230. The summed E-state index contributed by atoms with van der Waals surface area (Å²) in [6.45, 7) is 8.05. The Hall–Kier alpha value is -3.79. The SMILES string of the molecule is Cc1ccccc1-c1cc(N2CCOCC2)nc2ccc(NCC(C)(C)c3cc(C(F)(F)F)cc(C(F)(F)F)c3)cc12. The number of aryl methyl sites for hydroxylation is 1. The lowest BCUT2D eigenvalue weighted by molar-refractivity contribution is -0.143. The number of halogens is 6. The van der Waals surface area contributed by atoms with E-state index in [0.29, 0.717) is 18.9 Å². The second-order valence-electron chi connectivity index (χ2n) is 11.2. The molecule has 1 aromatic heterocycles. The van der Waals surface area contributed by atoms with Gasteiger partial charge in [0, 0.05) is 36.1 Å². The van der Waals surface area contributed by atoms with Gasteiger partial charge in [-0.05, 0) is 71.6 Å². The summed E-state index contributed by atoms with van der Waals surface area (Å²) >= 11 is 0. The first-order chi connectivity index (χ1) is 19.7. The average molecular weight is 588 g/mol. The van der Waals surface area contributed by atoms with Gasteiger partial charge in [-0.3, -0.25) is 0 Å². The number of alkyl halides is 6. The van der Waals surface area contributed by atoms with Crippen LogP contribution in [0.1, 0.15) is 36.1 Å². The zero-order valence-electron chi connectivity index (χ0n) is 23.5. The predicted molar refractivity (Wildman–Crippen MR) is 153 cm³/mol. The molecule has 1 N–H and O–H groups in total. The molecule has 222 valence electrons. The molecule has 0 spiro atoms. The molecular weight excluding hydrogens is 556 g/mol. The van der Waals surface area contributed by atoms with E-state index in [9.17, 15) is 26.3 Å². The molecule has 10 heteroatoms. The van der Waals surface area contributed by atoms with Crippen LogP contribution in [0.3, 0.4) is 0 Å². The van der Waals surface area contributed by atoms with Gasteiger partial charge in [-0.2, -0.15) is 26.3 Å². The maximum absolute atomic E-state index is 13.5. The molecular formula is C32H31F6N3O. The lowest BCUT2D eigenvalue weighted by atomic mass is 9.82. The third kappa shape index (κ3) is 6.33. The summed E-state index contributed by atoms with van der Waals surface area (Å²) in [5.74, 6) is 0.843. The topological polar surface area (TPSA) is 37.4 Å². The second kappa shape index (κ2) is 11.1. The van der Waals surface area contributed by atoms with E-state index < -0.39 is 28.9 Å². The van der Waals surface area contributed by atoms with E-state index in [-0.39, 0.29) is 18.2 Å². The van der Waals surface area contributed by atoms with E-state index in [2.05, 4.69) is 16.3 Å². The number of anilines is 2. The third-order valence-corrected chi connectivity index (χ3v) is 7.67. The second-order valence-corrected chi connectivity index (χ2v) is 11.2. The summed E-state index contributed by atoms with van der Waals surface area (Å²) in [6, 6.07) is 17.5. The van der Waals surface area contributed by atoms with Crippen molar-refractivity contribution in [1.29, 1.82) is 0 Å². The molecule has 0 saturated carbocycles. The minimum absolute atomic E-state index is 0.0599. The molecule has 1 fully saturated rings. The summed E-state index contributed by atoms with van der Waals surface area (Å²) in [5.41, 5.74) is 0.790. The van der Waals surface area contributed by atoms with E-state index in [1.54, 1.807) is 13.8 Å². The van der Waals surface area contributed by atoms with Gasteiger partial charge in [0.2, 0.25) is 0 Å². The van der Waals surface area contributed by atoms with E-state index in [1.165, 1.54) is 0 Å². The van der Waals surface area contributed by atoms with Crippen LogP contribution >= 0.6 is 0 Å². The summed E-state index contributed by atoms with van der Waals surface area (Å²) < 4.78 is 86.4. The van der Waals surface area contributed by atoms with E-state index in [1.807, 2.05) is 49.4 Å². The molecule has 0 bridgehead atoms. The molecule has 1 aliphatic heterocycles. The van der Waals surface area contributed by atoms with Crippen LogP contribution in [0, 0.1) is 6.92 Å². The van der Waals surface area contributed by atoms with E-state index in [0.717, 1.165) is 58.6 Å². The van der Waals surface area contributed by atoms with Gasteiger partial charge in [0.25, 0.3) is 0 Å². The Morgan fingerprint density at radius 3 is 2.02 bits per heavy atom. The normalized spacial score (nSPS) is 14.8. The first-order valence-corrected chi connectivity index (χ1v) is 13.6. The molecule has 3 aromatic carbocycles. The highest BCUT2D eigenvalue weighted by atomic mass is 19.4. The zero-order chi connectivity index (χ0) is 30.3. The van der Waals surface area contributed by atoms with Crippen LogP contribution in [-0.4, -0.2) is 37.8 Å². The van der Waals surface area contributed by atoms with Gasteiger partial charge < -0.3 is 15.0 Å². The molecule has 4 nitrogen and oxygen atoms in total. The van der Waals surface area contributed by atoms with Crippen molar-refractivity contribution in [3.8, 4) is 11.1 Å². The number of ether oxygens (including phenoxy) is 1. The molecule has 0 radical (unpaired) electrons. The summed E-state index contributed by atoms with van der Waals surface area (Å²) in [5, 5.41) is 4.12. The Labute approximate surface area is 240 Å². The largest absolute Gasteiger partial charge is 0.416 e. The van der Waals surface area contributed by atoms with Crippen LogP contribution in [-0.2, 0) is 22.5 Å². The van der Waals surface area contributed by atoms with Crippen LogP contribution in [0.25, 0.3) is 22.0 Å². The fourth-order valence-electron chi connectivity index (χ4n) is 5.14. The van der Waals surface area contributed by atoms with Gasteiger partial charge in [0.15, 0.2) is 0 Å². The molecule has 4 aromatic rings. The Balaban J connectivity index is 1.50. The molecule has 1 saturated heterocycles. The predicted octanol–water partition coefficient (Wildman–Crippen LogP) is 8.47. The number of rotatable bonds is 6. The number of morpholine rings is 1. The number of nitrogens with one attached hydrogen (secondary N) is 1. The van der Waals surface area contributed by atoms with Crippen molar-refractivity contribution in [2.24, 2.45) is 0 Å². The first-order valence-electron chi connectivity index (χ1n) is 13.6. The molecule has 0 amide bonds. The van der Waals surface area contributed by atoms with E-state index in [4.69, 9.17) is 9.72 Å². The molecule has 42 heavy (non-hydrogen) atoms. The lowest BCUT2D eigenvalue weighted by Crippen LogP contribution is -2.36. The molecule has 0 atom stereocenters. The van der Waals surface area contributed by atoms with Crippen molar-refractivity contribution >= 4 is 22.4 Å². The summed E-state index contributed by atoms with van der Waals surface area (Å²) in [4.78, 5) is 7.09. The van der Waals surface area contributed by atoms with Gasteiger partial charge in [0.05, 0.1) is 29.9 Å². The van der Waals surface area contributed by atoms with Gasteiger partial charge in [-0.1, -0.05) is 38.1 Å². The Bertz CT molecular complexity index is 1560. The Morgan fingerprint density at radius 2 is 1.40 bits per heavy atom. The molecule has 2 heterocycles. The minimum atomic E-state index is -4.91. The van der Waals surface area contributed by atoms with Gasteiger partial charge in [-0.15, -0.1) is 0 Å². The highest BCUT2D eigenvalue weighted by Gasteiger charge is 2.38. The number of hydrogen-bond donors (Lipinski definition) is 1. The monoisotopic (exact) mass is 587 g/mol. The van der Waals surface area contributed by atoms with Crippen LogP contribution in [0.2, 0.25) is 0 Å². The maximum atomic E-state index is 13.5. The number of aromatic nitrogens is 1. The minimum Gasteiger partial charge on any atom is -0.384 e. The smallest absolute Gasteiger partial charge is 0.384 e. The highest BCUT2D eigenvalue weighted by Crippen LogP contribution is 2.40. The summed E-state index contributed by atoms with van der Waals surface area (Å²) in [6.07, 6.45) is -9.81. The van der Waals surface area contributed by atoms with Crippen molar-refractivity contribution in [3.63, 3.8) is 0 Å². The van der Waals surface area contributed by atoms with Crippen LogP contribution < -0.4 is 10.2 Å².